The molecule has 4 heteroatoms. The first-order chi connectivity index (χ1) is 7.72. The van der Waals surface area contributed by atoms with Crippen LogP contribution in [0.2, 0.25) is 0 Å². The Bertz CT molecular complexity index is 313. The molecule has 1 heterocycles. The van der Waals surface area contributed by atoms with Gasteiger partial charge < -0.3 is 11.1 Å². The van der Waals surface area contributed by atoms with Crippen molar-refractivity contribution in [3.8, 4) is 0 Å². The van der Waals surface area contributed by atoms with Crippen molar-refractivity contribution in [3.05, 3.63) is 24.5 Å². The summed E-state index contributed by atoms with van der Waals surface area (Å²) in [7, 11) is 0. The van der Waals surface area contributed by atoms with Crippen LogP contribution in [0, 0.1) is 5.92 Å². The van der Waals surface area contributed by atoms with Crippen molar-refractivity contribution < 1.29 is 4.79 Å². The van der Waals surface area contributed by atoms with Crippen LogP contribution in [0.25, 0.3) is 0 Å². The Kier molecular flexibility index (Phi) is 5.50. The molecular weight excluding hydrogens is 202 g/mol. The Hall–Kier alpha value is -1.42. The second-order valence-corrected chi connectivity index (χ2v) is 4.01. The number of carbonyl (C=O) groups excluding carboxylic acids is 1. The molecular formula is C12H19N3O. The first-order valence-electron chi connectivity index (χ1n) is 5.62. The molecule has 0 radical (unpaired) electrons. The third-order valence-corrected chi connectivity index (χ3v) is 2.47. The van der Waals surface area contributed by atoms with Gasteiger partial charge in [0.15, 0.2) is 0 Å². The van der Waals surface area contributed by atoms with E-state index in [0.717, 1.165) is 18.5 Å². The van der Waals surface area contributed by atoms with Gasteiger partial charge in [-0.2, -0.15) is 0 Å². The standard InChI is InChI=1S/C12H19N3O/c1-10(6-7-13)4-5-12(16)15-11-3-2-8-14-9-11/h2-3,8-10H,4-7,13H2,1H3,(H,15,16). The van der Waals surface area contributed by atoms with Gasteiger partial charge in [-0.15, -0.1) is 0 Å². The number of nitrogens with two attached hydrogens (primary N) is 1. The highest BCUT2D eigenvalue weighted by molar-refractivity contribution is 5.90. The normalized spacial score (nSPS) is 12.1. The molecule has 1 atom stereocenters. The van der Waals surface area contributed by atoms with Gasteiger partial charge in [0.25, 0.3) is 0 Å². The van der Waals surface area contributed by atoms with E-state index in [4.69, 9.17) is 5.73 Å². The number of amides is 1. The van der Waals surface area contributed by atoms with E-state index in [9.17, 15) is 4.79 Å². The quantitative estimate of drug-likeness (QED) is 0.769. The van der Waals surface area contributed by atoms with E-state index in [-0.39, 0.29) is 5.91 Å². The molecule has 88 valence electrons. The van der Waals surface area contributed by atoms with Crippen molar-refractivity contribution in [1.82, 2.24) is 4.98 Å². The number of anilines is 1. The van der Waals surface area contributed by atoms with Crippen LogP contribution in [0.4, 0.5) is 5.69 Å². The lowest BCUT2D eigenvalue weighted by molar-refractivity contribution is -0.116. The summed E-state index contributed by atoms with van der Waals surface area (Å²) in [6.45, 7) is 2.80. The summed E-state index contributed by atoms with van der Waals surface area (Å²) in [4.78, 5) is 15.5. The van der Waals surface area contributed by atoms with E-state index in [2.05, 4.69) is 17.2 Å². The van der Waals surface area contributed by atoms with Gasteiger partial charge in [0.1, 0.15) is 0 Å². The van der Waals surface area contributed by atoms with Crippen molar-refractivity contribution in [2.75, 3.05) is 11.9 Å². The molecule has 0 aliphatic carbocycles. The maximum absolute atomic E-state index is 11.6. The average molecular weight is 221 g/mol. The van der Waals surface area contributed by atoms with Crippen molar-refractivity contribution in [2.24, 2.45) is 11.7 Å². The zero-order chi connectivity index (χ0) is 11.8. The SMILES string of the molecule is CC(CCN)CCC(=O)Nc1cccnc1. The molecule has 3 N–H and O–H groups in total. The highest BCUT2D eigenvalue weighted by Gasteiger charge is 2.06. The van der Waals surface area contributed by atoms with E-state index in [1.165, 1.54) is 0 Å². The van der Waals surface area contributed by atoms with Crippen LogP contribution < -0.4 is 11.1 Å². The second-order valence-electron chi connectivity index (χ2n) is 4.01. The molecule has 16 heavy (non-hydrogen) atoms. The van der Waals surface area contributed by atoms with Gasteiger partial charge >= 0.3 is 0 Å². The number of nitrogens with zero attached hydrogens (tertiary/aromatic N) is 1. The molecule has 1 aromatic heterocycles. The van der Waals surface area contributed by atoms with Gasteiger partial charge in [-0.05, 0) is 37.4 Å². The Balaban J connectivity index is 2.26. The summed E-state index contributed by atoms with van der Waals surface area (Å²) < 4.78 is 0. The van der Waals surface area contributed by atoms with Gasteiger partial charge in [0, 0.05) is 12.6 Å². The topological polar surface area (TPSA) is 68.0 Å². The van der Waals surface area contributed by atoms with Crippen molar-refractivity contribution in [1.29, 1.82) is 0 Å². The van der Waals surface area contributed by atoms with Crippen molar-refractivity contribution in [2.45, 2.75) is 26.2 Å². The van der Waals surface area contributed by atoms with Gasteiger partial charge in [-0.3, -0.25) is 9.78 Å². The minimum absolute atomic E-state index is 0.0388. The summed E-state index contributed by atoms with van der Waals surface area (Å²) in [5, 5.41) is 2.81. The van der Waals surface area contributed by atoms with Crippen molar-refractivity contribution in [3.63, 3.8) is 0 Å². The predicted octanol–water partition coefficient (Wildman–Crippen LogP) is 1.79. The third kappa shape index (κ3) is 4.89. The maximum Gasteiger partial charge on any atom is 0.224 e. The van der Waals surface area contributed by atoms with Crippen molar-refractivity contribution >= 4 is 11.6 Å². The first kappa shape index (κ1) is 12.6. The van der Waals surface area contributed by atoms with Crippen LogP contribution in [0.15, 0.2) is 24.5 Å². The predicted molar refractivity (Wildman–Crippen MR) is 64.9 cm³/mol. The monoisotopic (exact) mass is 221 g/mol. The zero-order valence-corrected chi connectivity index (χ0v) is 9.65. The maximum atomic E-state index is 11.6. The highest BCUT2D eigenvalue weighted by Crippen LogP contribution is 2.10. The Labute approximate surface area is 96.3 Å². The Morgan fingerprint density at radius 1 is 1.56 bits per heavy atom. The first-order valence-corrected chi connectivity index (χ1v) is 5.62. The summed E-state index contributed by atoms with van der Waals surface area (Å²) in [5.74, 6) is 0.543. The number of hydrogen-bond acceptors (Lipinski definition) is 3. The largest absolute Gasteiger partial charge is 0.330 e. The number of nitrogens with one attached hydrogen (secondary N) is 1. The number of carbonyl (C=O) groups is 1. The van der Waals surface area contributed by atoms with Gasteiger partial charge in [0.05, 0.1) is 11.9 Å². The molecule has 0 fully saturated rings. The molecule has 1 unspecified atom stereocenters. The molecule has 0 spiro atoms. The van der Waals surface area contributed by atoms with Crippen LogP contribution in [0.5, 0.6) is 0 Å². The fraction of sp³-hybridized carbons (Fsp3) is 0.500. The molecule has 0 aliphatic heterocycles. The number of pyridine rings is 1. The van der Waals surface area contributed by atoms with Crippen LogP contribution >= 0.6 is 0 Å². The smallest absolute Gasteiger partial charge is 0.224 e. The zero-order valence-electron chi connectivity index (χ0n) is 9.65. The number of hydrogen-bond donors (Lipinski definition) is 2. The van der Waals surface area contributed by atoms with E-state index in [1.807, 2.05) is 6.07 Å². The minimum atomic E-state index is 0.0388. The fourth-order valence-corrected chi connectivity index (χ4v) is 1.47. The van der Waals surface area contributed by atoms with Crippen LogP contribution in [0.1, 0.15) is 26.2 Å². The molecule has 0 aromatic carbocycles. The lowest BCUT2D eigenvalue weighted by Crippen LogP contribution is -2.14. The van der Waals surface area contributed by atoms with Gasteiger partial charge in [0.2, 0.25) is 5.91 Å². The van der Waals surface area contributed by atoms with Crippen LogP contribution in [0.3, 0.4) is 0 Å². The molecule has 1 rings (SSSR count). The highest BCUT2D eigenvalue weighted by atomic mass is 16.1. The summed E-state index contributed by atoms with van der Waals surface area (Å²) in [6, 6.07) is 3.63. The average Bonchev–Trinajstić information content (AvgIpc) is 2.28. The number of rotatable bonds is 6. The Morgan fingerprint density at radius 2 is 2.38 bits per heavy atom. The van der Waals surface area contributed by atoms with Crippen LogP contribution in [-0.2, 0) is 4.79 Å². The van der Waals surface area contributed by atoms with E-state index in [0.29, 0.717) is 18.9 Å². The molecule has 0 saturated carbocycles. The third-order valence-electron chi connectivity index (χ3n) is 2.47. The van der Waals surface area contributed by atoms with Gasteiger partial charge in [-0.25, -0.2) is 0 Å². The van der Waals surface area contributed by atoms with Gasteiger partial charge in [-0.1, -0.05) is 6.92 Å². The molecule has 0 bridgehead atoms. The van der Waals surface area contributed by atoms with E-state index < -0.39 is 0 Å². The summed E-state index contributed by atoms with van der Waals surface area (Å²) in [5.41, 5.74) is 6.20. The summed E-state index contributed by atoms with van der Waals surface area (Å²) in [6.07, 6.45) is 5.71. The fourth-order valence-electron chi connectivity index (χ4n) is 1.47. The lowest BCUT2D eigenvalue weighted by Gasteiger charge is -2.09. The van der Waals surface area contributed by atoms with E-state index >= 15 is 0 Å². The molecule has 1 amide bonds. The lowest BCUT2D eigenvalue weighted by atomic mass is 10.0. The van der Waals surface area contributed by atoms with E-state index in [1.54, 1.807) is 18.5 Å². The minimum Gasteiger partial charge on any atom is -0.330 e. The number of aromatic nitrogens is 1. The molecule has 0 aliphatic rings. The summed E-state index contributed by atoms with van der Waals surface area (Å²) >= 11 is 0. The second kappa shape index (κ2) is 6.95. The van der Waals surface area contributed by atoms with Crippen LogP contribution in [-0.4, -0.2) is 17.4 Å². The molecule has 0 saturated heterocycles. The molecule has 1 aromatic rings. The Morgan fingerprint density at radius 3 is 3.00 bits per heavy atom. The molecule has 4 nitrogen and oxygen atoms in total.